The molecule has 0 radical (unpaired) electrons. The highest BCUT2D eigenvalue weighted by Crippen LogP contribution is 2.43. The number of phosphoric ester groups is 1. The fraction of sp³-hybridized carbons (Fsp3) is 0.644. The van der Waals surface area contributed by atoms with Gasteiger partial charge in [-0.05, 0) is 51.4 Å². The van der Waals surface area contributed by atoms with Crippen LogP contribution in [0.1, 0.15) is 155 Å². The topological polar surface area (TPSA) is 134 Å². The van der Waals surface area contributed by atoms with Gasteiger partial charge >= 0.3 is 19.8 Å². The van der Waals surface area contributed by atoms with Crippen LogP contribution in [0.25, 0.3) is 0 Å². The number of carbonyl (C=O) groups is 2. The Morgan fingerprint density at radius 2 is 1.05 bits per heavy atom. The molecule has 0 aromatic carbocycles. The Labute approximate surface area is 334 Å². The summed E-state index contributed by atoms with van der Waals surface area (Å²) < 4.78 is 32.6. The van der Waals surface area contributed by atoms with Crippen LogP contribution in [0, 0.1) is 0 Å². The molecule has 0 saturated heterocycles. The lowest BCUT2D eigenvalue weighted by atomic mass is 10.0. The van der Waals surface area contributed by atoms with Crippen LogP contribution in [0.15, 0.2) is 85.1 Å². The molecule has 0 fully saturated rings. The molecule has 2 unspecified atom stereocenters. The maximum Gasteiger partial charge on any atom is 0.472 e. The number of hydrogen-bond acceptors (Lipinski definition) is 8. The highest BCUT2D eigenvalue weighted by Gasteiger charge is 2.25. The molecule has 2 atom stereocenters. The van der Waals surface area contributed by atoms with Gasteiger partial charge in [0, 0.05) is 19.4 Å². The lowest BCUT2D eigenvalue weighted by Crippen LogP contribution is -2.29. The summed E-state index contributed by atoms with van der Waals surface area (Å²) in [5, 5.41) is 0. The van der Waals surface area contributed by atoms with Crippen LogP contribution in [0.2, 0.25) is 0 Å². The highest BCUT2D eigenvalue weighted by atomic mass is 31.2. The van der Waals surface area contributed by atoms with Gasteiger partial charge in [-0.1, -0.05) is 176 Å². The second kappa shape index (κ2) is 40.8. The van der Waals surface area contributed by atoms with E-state index in [9.17, 15) is 19.0 Å². The minimum Gasteiger partial charge on any atom is -0.462 e. The standard InChI is InChI=1S/C45H76NO8P/c1-3-5-7-9-11-13-15-17-18-19-20-21-22-23-24-26-27-29-31-33-35-37-44(47)51-41-43(42-53-55(49,50)52-40-39-46)54-45(48)38-36-34-32-30-28-25-16-14-12-10-8-6-4-2/h5-8,10-14,16,25,28,30,32,43H,3-4,9,15,17-24,26-27,29,31,33-42,46H2,1-2H3,(H,49,50)/b7-5+,8-6+,12-10+,13-11+,16-14+,28-25+,32-30+. The lowest BCUT2D eigenvalue weighted by molar-refractivity contribution is -0.161. The fourth-order valence-electron chi connectivity index (χ4n) is 5.35. The van der Waals surface area contributed by atoms with E-state index in [0.29, 0.717) is 12.8 Å². The van der Waals surface area contributed by atoms with E-state index >= 15 is 0 Å². The van der Waals surface area contributed by atoms with Crippen molar-refractivity contribution in [2.75, 3.05) is 26.4 Å². The smallest absolute Gasteiger partial charge is 0.462 e. The molecule has 9 nitrogen and oxygen atoms in total. The van der Waals surface area contributed by atoms with E-state index in [1.54, 1.807) is 0 Å². The molecule has 55 heavy (non-hydrogen) atoms. The number of esters is 2. The van der Waals surface area contributed by atoms with Crippen LogP contribution in [0.3, 0.4) is 0 Å². The third-order valence-corrected chi connectivity index (χ3v) is 9.39. The monoisotopic (exact) mass is 790 g/mol. The van der Waals surface area contributed by atoms with Crippen LogP contribution < -0.4 is 5.73 Å². The van der Waals surface area contributed by atoms with E-state index in [1.807, 2.05) is 54.7 Å². The summed E-state index contributed by atoms with van der Waals surface area (Å²) in [6.45, 7) is 3.38. The number of allylic oxidation sites excluding steroid dienone is 14. The SMILES string of the molecule is CC/C=C/C=C/C=C/C=C/C=C/CCCC(=O)OC(COC(=O)CCCCCCCCCCCCCCCC/C=C/C/C=C/CC)COP(=O)(O)OCCN. The van der Waals surface area contributed by atoms with Gasteiger partial charge in [0.15, 0.2) is 6.10 Å². The van der Waals surface area contributed by atoms with Crippen LogP contribution >= 0.6 is 7.82 Å². The maximum absolute atomic E-state index is 12.5. The molecule has 0 heterocycles. The van der Waals surface area contributed by atoms with E-state index in [1.165, 1.54) is 77.0 Å². The molecule has 0 aliphatic carbocycles. The number of phosphoric acid groups is 1. The zero-order chi connectivity index (χ0) is 40.3. The van der Waals surface area contributed by atoms with Gasteiger partial charge in [-0.25, -0.2) is 4.57 Å². The van der Waals surface area contributed by atoms with Gasteiger partial charge in [-0.3, -0.25) is 18.6 Å². The molecule has 0 aromatic heterocycles. The largest absolute Gasteiger partial charge is 0.472 e. The average Bonchev–Trinajstić information content (AvgIpc) is 3.17. The molecule has 0 rings (SSSR count). The van der Waals surface area contributed by atoms with Crippen molar-refractivity contribution in [1.82, 2.24) is 0 Å². The summed E-state index contributed by atoms with van der Waals surface area (Å²) >= 11 is 0. The van der Waals surface area contributed by atoms with Gasteiger partial charge in [0.05, 0.1) is 13.2 Å². The minimum atomic E-state index is -4.40. The Bertz CT molecular complexity index is 1170. The predicted octanol–water partition coefficient (Wildman–Crippen LogP) is 12.0. The Morgan fingerprint density at radius 1 is 0.564 bits per heavy atom. The lowest BCUT2D eigenvalue weighted by Gasteiger charge is -2.19. The zero-order valence-corrected chi connectivity index (χ0v) is 35.3. The summed E-state index contributed by atoms with van der Waals surface area (Å²) in [6, 6.07) is 0. The Kier molecular flexibility index (Phi) is 38.8. The van der Waals surface area contributed by atoms with Gasteiger partial charge in [0.2, 0.25) is 0 Å². The molecule has 0 spiro atoms. The Hall–Kier alpha value is -2.81. The van der Waals surface area contributed by atoms with Crippen LogP contribution in [-0.2, 0) is 32.7 Å². The van der Waals surface area contributed by atoms with E-state index in [-0.39, 0.29) is 32.6 Å². The fourth-order valence-corrected chi connectivity index (χ4v) is 6.11. The third-order valence-electron chi connectivity index (χ3n) is 8.40. The summed E-state index contributed by atoms with van der Waals surface area (Å²) in [5.74, 6) is -0.922. The predicted molar refractivity (Wildman–Crippen MR) is 229 cm³/mol. The molecular formula is C45H76NO8P. The van der Waals surface area contributed by atoms with Gasteiger partial charge in [-0.15, -0.1) is 0 Å². The first kappa shape index (κ1) is 52.2. The quantitative estimate of drug-likeness (QED) is 0.0206. The Morgan fingerprint density at radius 3 is 1.64 bits per heavy atom. The number of unbranched alkanes of at least 4 members (excludes halogenated alkanes) is 15. The van der Waals surface area contributed by atoms with Gasteiger partial charge in [0.25, 0.3) is 0 Å². The first-order valence-corrected chi connectivity index (χ1v) is 22.6. The van der Waals surface area contributed by atoms with Crippen LogP contribution in [0.5, 0.6) is 0 Å². The highest BCUT2D eigenvalue weighted by molar-refractivity contribution is 7.47. The average molecular weight is 790 g/mol. The number of hydrogen-bond donors (Lipinski definition) is 2. The van der Waals surface area contributed by atoms with Crippen molar-refractivity contribution in [1.29, 1.82) is 0 Å². The van der Waals surface area contributed by atoms with Crippen molar-refractivity contribution in [2.24, 2.45) is 5.73 Å². The molecule has 0 aromatic rings. The summed E-state index contributed by atoms with van der Waals surface area (Å²) in [5.41, 5.74) is 5.33. The van der Waals surface area contributed by atoms with Crippen molar-refractivity contribution < 1.29 is 37.6 Å². The van der Waals surface area contributed by atoms with Crippen molar-refractivity contribution in [3.8, 4) is 0 Å². The van der Waals surface area contributed by atoms with E-state index < -0.39 is 32.5 Å². The van der Waals surface area contributed by atoms with Gasteiger partial charge in [-0.2, -0.15) is 0 Å². The number of ether oxygens (including phenoxy) is 2. The van der Waals surface area contributed by atoms with E-state index in [2.05, 4.69) is 44.2 Å². The van der Waals surface area contributed by atoms with E-state index in [4.69, 9.17) is 24.3 Å². The minimum absolute atomic E-state index is 0.0380. The molecule has 10 heteroatoms. The zero-order valence-electron chi connectivity index (χ0n) is 34.4. The molecule has 314 valence electrons. The summed E-state index contributed by atoms with van der Waals surface area (Å²) in [7, 11) is -4.40. The van der Waals surface area contributed by atoms with Crippen molar-refractivity contribution in [3.63, 3.8) is 0 Å². The molecular weight excluding hydrogens is 713 g/mol. The van der Waals surface area contributed by atoms with Gasteiger partial charge in [0.1, 0.15) is 6.61 Å². The van der Waals surface area contributed by atoms with Crippen molar-refractivity contribution in [3.05, 3.63) is 85.1 Å². The number of rotatable bonds is 38. The summed E-state index contributed by atoms with van der Waals surface area (Å²) in [4.78, 5) is 34.8. The first-order valence-electron chi connectivity index (χ1n) is 21.1. The van der Waals surface area contributed by atoms with Crippen molar-refractivity contribution in [2.45, 2.75) is 161 Å². The molecule has 3 N–H and O–H groups in total. The summed E-state index contributed by atoms with van der Waals surface area (Å²) in [6.07, 6.45) is 50.7. The number of carbonyl (C=O) groups excluding carboxylic acids is 2. The molecule has 0 saturated carbocycles. The molecule has 0 aliphatic rings. The van der Waals surface area contributed by atoms with Crippen LogP contribution in [0.4, 0.5) is 0 Å². The second-order valence-electron chi connectivity index (χ2n) is 13.6. The Balaban J connectivity index is 4.17. The number of nitrogens with two attached hydrogens (primary N) is 1. The maximum atomic E-state index is 12.5. The first-order chi connectivity index (χ1) is 26.8. The van der Waals surface area contributed by atoms with Gasteiger partial charge < -0.3 is 20.1 Å². The van der Waals surface area contributed by atoms with Crippen LogP contribution in [-0.4, -0.2) is 49.3 Å². The third kappa shape index (κ3) is 40.7. The molecule has 0 bridgehead atoms. The van der Waals surface area contributed by atoms with Crippen molar-refractivity contribution >= 4 is 19.8 Å². The normalized spacial score (nSPS) is 14.2. The molecule has 0 aliphatic heterocycles. The second-order valence-corrected chi connectivity index (χ2v) is 15.0. The van der Waals surface area contributed by atoms with E-state index in [0.717, 1.165) is 38.5 Å². The molecule has 0 amide bonds.